The van der Waals surface area contributed by atoms with Crippen LogP contribution in [0.15, 0.2) is 54.0 Å². The SMILES string of the molecule is COc1ccc(-c2ccccc2C2CCCN2C(=O)c2sccc2C)cn1. The highest BCUT2D eigenvalue weighted by Crippen LogP contribution is 2.39. The molecular weight excluding hydrogens is 356 g/mol. The molecule has 0 radical (unpaired) electrons. The summed E-state index contributed by atoms with van der Waals surface area (Å²) in [5.74, 6) is 0.745. The molecule has 1 fully saturated rings. The maximum Gasteiger partial charge on any atom is 0.264 e. The fourth-order valence-corrected chi connectivity index (χ4v) is 4.65. The molecule has 0 saturated carbocycles. The van der Waals surface area contributed by atoms with E-state index in [0.717, 1.165) is 41.0 Å². The van der Waals surface area contributed by atoms with Crippen molar-refractivity contribution in [3.05, 3.63) is 70.0 Å². The van der Waals surface area contributed by atoms with Gasteiger partial charge in [-0.05, 0) is 54.0 Å². The van der Waals surface area contributed by atoms with E-state index in [-0.39, 0.29) is 11.9 Å². The molecule has 0 N–H and O–H groups in total. The summed E-state index contributed by atoms with van der Waals surface area (Å²) < 4.78 is 5.17. The first-order valence-electron chi connectivity index (χ1n) is 9.13. The number of likely N-dealkylation sites (tertiary alicyclic amines) is 1. The van der Waals surface area contributed by atoms with Crippen LogP contribution in [0, 0.1) is 6.92 Å². The molecule has 3 aromatic rings. The number of benzene rings is 1. The number of aryl methyl sites for hydroxylation is 1. The predicted octanol–water partition coefficient (Wildman–Crippen LogP) is 5.10. The van der Waals surface area contributed by atoms with Crippen LogP contribution in [0.1, 0.15) is 39.7 Å². The maximum absolute atomic E-state index is 13.2. The molecule has 1 amide bonds. The third-order valence-corrected chi connectivity index (χ3v) is 6.15. The molecule has 3 heterocycles. The average Bonchev–Trinajstić information content (AvgIpc) is 3.36. The Balaban J connectivity index is 1.70. The van der Waals surface area contributed by atoms with Gasteiger partial charge in [0.2, 0.25) is 5.88 Å². The lowest BCUT2D eigenvalue weighted by atomic mass is 9.94. The van der Waals surface area contributed by atoms with Crippen LogP contribution < -0.4 is 4.74 Å². The van der Waals surface area contributed by atoms with Crippen LogP contribution in [0.3, 0.4) is 0 Å². The fourth-order valence-electron chi connectivity index (χ4n) is 3.77. The lowest BCUT2D eigenvalue weighted by molar-refractivity contribution is 0.0740. The minimum absolute atomic E-state index is 0.0947. The summed E-state index contributed by atoms with van der Waals surface area (Å²) in [4.78, 5) is 20.4. The Labute approximate surface area is 163 Å². The number of thiophene rings is 1. The maximum atomic E-state index is 13.2. The number of aromatic nitrogens is 1. The van der Waals surface area contributed by atoms with Crippen LogP contribution in [-0.2, 0) is 0 Å². The van der Waals surface area contributed by atoms with E-state index in [9.17, 15) is 4.79 Å². The molecule has 1 unspecified atom stereocenters. The Morgan fingerprint density at radius 1 is 1.22 bits per heavy atom. The van der Waals surface area contributed by atoms with E-state index < -0.39 is 0 Å². The van der Waals surface area contributed by atoms with Crippen molar-refractivity contribution in [2.45, 2.75) is 25.8 Å². The van der Waals surface area contributed by atoms with Gasteiger partial charge in [-0.1, -0.05) is 24.3 Å². The quantitative estimate of drug-likeness (QED) is 0.634. The third-order valence-electron chi connectivity index (χ3n) is 5.15. The molecule has 0 bridgehead atoms. The van der Waals surface area contributed by atoms with Gasteiger partial charge in [-0.25, -0.2) is 4.98 Å². The summed E-state index contributed by atoms with van der Waals surface area (Å²) in [6, 6.07) is 14.3. The molecule has 4 nitrogen and oxygen atoms in total. The predicted molar refractivity (Wildman–Crippen MR) is 108 cm³/mol. The third kappa shape index (κ3) is 3.35. The number of carbonyl (C=O) groups is 1. The van der Waals surface area contributed by atoms with E-state index in [4.69, 9.17) is 4.74 Å². The normalized spacial score (nSPS) is 16.5. The van der Waals surface area contributed by atoms with E-state index >= 15 is 0 Å². The number of rotatable bonds is 4. The molecule has 138 valence electrons. The number of hydrogen-bond acceptors (Lipinski definition) is 4. The number of nitrogens with zero attached hydrogens (tertiary/aromatic N) is 2. The van der Waals surface area contributed by atoms with E-state index in [1.54, 1.807) is 7.11 Å². The molecule has 1 saturated heterocycles. The first-order valence-corrected chi connectivity index (χ1v) is 10.0. The number of ether oxygens (including phenoxy) is 1. The molecule has 4 rings (SSSR count). The van der Waals surface area contributed by atoms with Crippen molar-refractivity contribution < 1.29 is 9.53 Å². The van der Waals surface area contributed by atoms with E-state index in [1.807, 2.05) is 53.7 Å². The highest BCUT2D eigenvalue weighted by molar-refractivity contribution is 7.12. The smallest absolute Gasteiger partial charge is 0.264 e. The van der Waals surface area contributed by atoms with Crippen LogP contribution in [0.4, 0.5) is 0 Å². The van der Waals surface area contributed by atoms with Crippen LogP contribution >= 0.6 is 11.3 Å². The summed E-state index contributed by atoms with van der Waals surface area (Å²) in [6.07, 6.45) is 3.84. The zero-order valence-corrected chi connectivity index (χ0v) is 16.3. The van der Waals surface area contributed by atoms with Gasteiger partial charge in [-0.15, -0.1) is 11.3 Å². The van der Waals surface area contributed by atoms with Gasteiger partial charge < -0.3 is 9.64 Å². The lowest BCUT2D eigenvalue weighted by Crippen LogP contribution is -2.30. The monoisotopic (exact) mass is 378 g/mol. The molecule has 1 aromatic carbocycles. The molecule has 1 aliphatic rings. The highest BCUT2D eigenvalue weighted by atomic mass is 32.1. The minimum atomic E-state index is 0.0947. The van der Waals surface area contributed by atoms with Crippen molar-refractivity contribution in [1.29, 1.82) is 0 Å². The van der Waals surface area contributed by atoms with Crippen molar-refractivity contribution >= 4 is 17.2 Å². The van der Waals surface area contributed by atoms with Crippen molar-refractivity contribution in [2.24, 2.45) is 0 Å². The summed E-state index contributed by atoms with van der Waals surface area (Å²) in [6.45, 7) is 2.81. The van der Waals surface area contributed by atoms with E-state index in [0.29, 0.717) is 5.88 Å². The standard InChI is InChI=1S/C22H22N2O2S/c1-15-11-13-27-21(15)22(25)24-12-5-8-19(24)18-7-4-3-6-17(18)16-9-10-20(26-2)23-14-16/h3-4,6-7,9-11,13-14,19H,5,8,12H2,1-2H3. The second-order valence-corrected chi connectivity index (χ2v) is 7.68. The first kappa shape index (κ1) is 17.7. The molecule has 1 atom stereocenters. The molecule has 5 heteroatoms. The Morgan fingerprint density at radius 2 is 2.07 bits per heavy atom. The largest absolute Gasteiger partial charge is 0.481 e. The minimum Gasteiger partial charge on any atom is -0.481 e. The summed E-state index contributed by atoms with van der Waals surface area (Å²) in [7, 11) is 1.62. The molecule has 0 spiro atoms. The van der Waals surface area contributed by atoms with Gasteiger partial charge in [0.15, 0.2) is 0 Å². The Morgan fingerprint density at radius 3 is 2.78 bits per heavy atom. The van der Waals surface area contributed by atoms with Crippen molar-refractivity contribution in [3.63, 3.8) is 0 Å². The van der Waals surface area contributed by atoms with Gasteiger partial charge in [0.05, 0.1) is 18.0 Å². The average molecular weight is 378 g/mol. The number of pyridine rings is 1. The number of hydrogen-bond donors (Lipinski definition) is 0. The van der Waals surface area contributed by atoms with Gasteiger partial charge in [-0.2, -0.15) is 0 Å². The first-order chi connectivity index (χ1) is 13.2. The Kier molecular flexibility index (Phi) is 4.94. The Hall–Kier alpha value is -2.66. The highest BCUT2D eigenvalue weighted by Gasteiger charge is 2.33. The van der Waals surface area contributed by atoms with Crippen LogP contribution in [0.25, 0.3) is 11.1 Å². The van der Waals surface area contributed by atoms with Crippen molar-refractivity contribution in [3.8, 4) is 17.0 Å². The fraction of sp³-hybridized carbons (Fsp3) is 0.273. The van der Waals surface area contributed by atoms with E-state index in [2.05, 4.69) is 17.1 Å². The molecule has 2 aromatic heterocycles. The molecular formula is C22H22N2O2S. The zero-order valence-electron chi connectivity index (χ0n) is 15.5. The topological polar surface area (TPSA) is 42.4 Å². The summed E-state index contributed by atoms with van der Waals surface area (Å²) in [5, 5.41) is 1.99. The lowest BCUT2D eigenvalue weighted by Gasteiger charge is -2.27. The number of amides is 1. The molecule has 0 aliphatic carbocycles. The summed E-state index contributed by atoms with van der Waals surface area (Å²) in [5.41, 5.74) is 4.41. The number of carbonyl (C=O) groups excluding carboxylic acids is 1. The zero-order chi connectivity index (χ0) is 18.8. The van der Waals surface area contributed by atoms with Crippen LogP contribution in [0.2, 0.25) is 0 Å². The van der Waals surface area contributed by atoms with Crippen LogP contribution in [0.5, 0.6) is 5.88 Å². The van der Waals surface area contributed by atoms with Crippen molar-refractivity contribution in [1.82, 2.24) is 9.88 Å². The van der Waals surface area contributed by atoms with Gasteiger partial charge in [0, 0.05) is 24.4 Å². The van der Waals surface area contributed by atoms with Gasteiger partial charge in [0.1, 0.15) is 0 Å². The number of methoxy groups -OCH3 is 1. The van der Waals surface area contributed by atoms with Gasteiger partial charge >= 0.3 is 0 Å². The Bertz CT molecular complexity index is 949. The second-order valence-electron chi connectivity index (χ2n) is 6.77. The summed E-state index contributed by atoms with van der Waals surface area (Å²) >= 11 is 1.53. The molecule has 27 heavy (non-hydrogen) atoms. The van der Waals surface area contributed by atoms with Gasteiger partial charge in [-0.3, -0.25) is 4.79 Å². The van der Waals surface area contributed by atoms with Gasteiger partial charge in [0.25, 0.3) is 5.91 Å². The second kappa shape index (κ2) is 7.53. The van der Waals surface area contributed by atoms with E-state index in [1.165, 1.54) is 16.9 Å². The van der Waals surface area contributed by atoms with Crippen molar-refractivity contribution in [2.75, 3.05) is 13.7 Å². The van der Waals surface area contributed by atoms with Crippen LogP contribution in [-0.4, -0.2) is 29.4 Å². The molecule has 1 aliphatic heterocycles.